The number of hydrogen-bond donors (Lipinski definition) is 1. The molecule has 0 rings (SSSR count). The van der Waals surface area contributed by atoms with Gasteiger partial charge < -0.3 is 5.32 Å². The molecule has 0 aliphatic heterocycles. The summed E-state index contributed by atoms with van der Waals surface area (Å²) in [6.07, 6.45) is 9.59. The summed E-state index contributed by atoms with van der Waals surface area (Å²) in [5.41, 5.74) is 0. The van der Waals surface area contributed by atoms with Crippen LogP contribution in [-0.2, 0) is 0 Å². The Morgan fingerprint density at radius 1 is 1.36 bits per heavy atom. The molecule has 0 aromatic rings. The van der Waals surface area contributed by atoms with Gasteiger partial charge in [-0.15, -0.1) is 0 Å². The molecule has 0 aromatic carbocycles. The minimum atomic E-state index is 1.09. The van der Waals surface area contributed by atoms with Gasteiger partial charge in [0.05, 0.1) is 0 Å². The third-order valence-electron chi connectivity index (χ3n) is 1.47. The van der Waals surface area contributed by atoms with E-state index in [0.717, 1.165) is 19.5 Å². The van der Waals surface area contributed by atoms with Crippen molar-refractivity contribution in [3.8, 4) is 0 Å². The first kappa shape index (κ1) is 10.4. The van der Waals surface area contributed by atoms with E-state index >= 15 is 0 Å². The molecular weight excluding hydrogens is 134 g/mol. The lowest BCUT2D eigenvalue weighted by Gasteiger charge is -1.99. The van der Waals surface area contributed by atoms with Gasteiger partial charge in [0.2, 0.25) is 0 Å². The molecule has 0 aliphatic rings. The molecule has 0 radical (unpaired) electrons. The summed E-state index contributed by atoms with van der Waals surface area (Å²) < 4.78 is 0. The molecule has 1 N–H and O–H groups in total. The largest absolute Gasteiger partial charge is 0.316 e. The Bertz CT molecular complexity index is 105. The Morgan fingerprint density at radius 2 is 2.18 bits per heavy atom. The van der Waals surface area contributed by atoms with Gasteiger partial charge in [0.25, 0.3) is 0 Å². The molecule has 0 saturated heterocycles. The van der Waals surface area contributed by atoms with Crippen LogP contribution >= 0.6 is 0 Å². The van der Waals surface area contributed by atoms with Crippen molar-refractivity contribution in [2.45, 2.75) is 26.2 Å². The van der Waals surface area contributed by atoms with E-state index in [0.29, 0.717) is 0 Å². The highest BCUT2D eigenvalue weighted by Crippen LogP contribution is 1.84. The fourth-order valence-corrected chi connectivity index (χ4v) is 0.805. The summed E-state index contributed by atoms with van der Waals surface area (Å²) in [5.74, 6) is 0. The van der Waals surface area contributed by atoms with Gasteiger partial charge in [-0.3, -0.25) is 0 Å². The highest BCUT2D eigenvalue weighted by Gasteiger charge is 1.82. The monoisotopic (exact) mass is 153 g/mol. The summed E-state index contributed by atoms with van der Waals surface area (Å²) in [5, 5.41) is 3.36. The highest BCUT2D eigenvalue weighted by molar-refractivity contribution is 4.97. The number of rotatable bonds is 7. The van der Waals surface area contributed by atoms with Crippen LogP contribution in [0.4, 0.5) is 0 Å². The molecule has 0 spiro atoms. The zero-order chi connectivity index (χ0) is 8.36. The van der Waals surface area contributed by atoms with Crippen LogP contribution in [0.15, 0.2) is 24.8 Å². The van der Waals surface area contributed by atoms with Crippen molar-refractivity contribution in [3.05, 3.63) is 24.8 Å². The maximum atomic E-state index is 3.60. The van der Waals surface area contributed by atoms with Crippen LogP contribution in [0.2, 0.25) is 0 Å². The molecule has 1 nitrogen and oxygen atoms in total. The fraction of sp³-hybridized carbons (Fsp3) is 0.600. The molecule has 0 bridgehead atoms. The molecule has 1 heteroatoms. The molecule has 0 aliphatic carbocycles. The van der Waals surface area contributed by atoms with E-state index in [2.05, 4.69) is 24.9 Å². The van der Waals surface area contributed by atoms with Crippen LogP contribution in [0.1, 0.15) is 26.2 Å². The van der Waals surface area contributed by atoms with E-state index in [1.165, 1.54) is 12.8 Å². The first-order chi connectivity index (χ1) is 5.41. The van der Waals surface area contributed by atoms with Gasteiger partial charge in [0, 0.05) is 0 Å². The predicted octanol–water partition coefficient (Wildman–Crippen LogP) is 2.51. The number of hydrogen-bond acceptors (Lipinski definition) is 1. The van der Waals surface area contributed by atoms with Crippen LogP contribution in [0.5, 0.6) is 0 Å². The Hall–Kier alpha value is -0.560. The number of allylic oxidation sites excluding steroid dienone is 2. The van der Waals surface area contributed by atoms with E-state index in [1.54, 1.807) is 0 Å². The third-order valence-corrected chi connectivity index (χ3v) is 1.47. The van der Waals surface area contributed by atoms with Gasteiger partial charge in [-0.1, -0.05) is 38.2 Å². The summed E-state index contributed by atoms with van der Waals surface area (Å²) in [7, 11) is 0. The van der Waals surface area contributed by atoms with Crippen LogP contribution in [0.3, 0.4) is 0 Å². The SMILES string of the molecule is C=CC=CCCNCCCC. The molecule has 0 unspecified atom stereocenters. The summed E-state index contributed by atoms with van der Waals surface area (Å²) in [6, 6.07) is 0. The van der Waals surface area contributed by atoms with Crippen LogP contribution in [-0.4, -0.2) is 13.1 Å². The van der Waals surface area contributed by atoms with Crippen molar-refractivity contribution in [3.63, 3.8) is 0 Å². The molecule has 64 valence electrons. The van der Waals surface area contributed by atoms with Gasteiger partial charge in [0.15, 0.2) is 0 Å². The Balaban J connectivity index is 2.90. The van der Waals surface area contributed by atoms with Gasteiger partial charge in [0.1, 0.15) is 0 Å². The van der Waals surface area contributed by atoms with Crippen molar-refractivity contribution < 1.29 is 0 Å². The lowest BCUT2D eigenvalue weighted by Crippen LogP contribution is -2.15. The maximum absolute atomic E-state index is 3.60. The minimum Gasteiger partial charge on any atom is -0.316 e. The average Bonchev–Trinajstić information content (AvgIpc) is 2.03. The number of nitrogens with one attached hydrogen (secondary N) is 1. The number of unbranched alkanes of at least 4 members (excludes halogenated alkanes) is 1. The highest BCUT2D eigenvalue weighted by atomic mass is 14.8. The van der Waals surface area contributed by atoms with Crippen molar-refractivity contribution in [1.82, 2.24) is 5.32 Å². The normalized spacial score (nSPS) is 10.6. The first-order valence-electron chi connectivity index (χ1n) is 4.40. The zero-order valence-corrected chi connectivity index (χ0v) is 7.47. The minimum absolute atomic E-state index is 1.09. The smallest absolute Gasteiger partial charge is 0.00142 e. The van der Waals surface area contributed by atoms with Gasteiger partial charge in [-0.2, -0.15) is 0 Å². The van der Waals surface area contributed by atoms with E-state index in [4.69, 9.17) is 0 Å². The van der Waals surface area contributed by atoms with Crippen LogP contribution in [0, 0.1) is 0 Å². The summed E-state index contributed by atoms with van der Waals surface area (Å²) in [4.78, 5) is 0. The molecule has 0 fully saturated rings. The zero-order valence-electron chi connectivity index (χ0n) is 7.47. The molecule has 0 aromatic heterocycles. The lowest BCUT2D eigenvalue weighted by atomic mass is 10.3. The second-order valence-corrected chi connectivity index (χ2v) is 2.56. The fourth-order valence-electron chi connectivity index (χ4n) is 0.805. The van der Waals surface area contributed by atoms with Gasteiger partial charge in [-0.25, -0.2) is 0 Å². The lowest BCUT2D eigenvalue weighted by molar-refractivity contribution is 0.645. The second-order valence-electron chi connectivity index (χ2n) is 2.56. The molecule has 0 saturated carbocycles. The summed E-state index contributed by atoms with van der Waals surface area (Å²) >= 11 is 0. The molecule has 0 atom stereocenters. The van der Waals surface area contributed by atoms with Gasteiger partial charge >= 0.3 is 0 Å². The predicted molar refractivity (Wildman–Crippen MR) is 51.7 cm³/mol. The van der Waals surface area contributed by atoms with E-state index in [9.17, 15) is 0 Å². The molecule has 11 heavy (non-hydrogen) atoms. The Morgan fingerprint density at radius 3 is 2.82 bits per heavy atom. The summed E-state index contributed by atoms with van der Waals surface area (Å²) in [6.45, 7) is 8.05. The van der Waals surface area contributed by atoms with Crippen molar-refractivity contribution in [1.29, 1.82) is 0 Å². The molecule has 0 amide bonds. The van der Waals surface area contributed by atoms with E-state index in [1.807, 2.05) is 12.2 Å². The van der Waals surface area contributed by atoms with E-state index in [-0.39, 0.29) is 0 Å². The quantitative estimate of drug-likeness (QED) is 0.438. The third kappa shape index (κ3) is 9.44. The average molecular weight is 153 g/mol. The van der Waals surface area contributed by atoms with E-state index < -0.39 is 0 Å². The first-order valence-corrected chi connectivity index (χ1v) is 4.40. The van der Waals surface area contributed by atoms with Gasteiger partial charge in [-0.05, 0) is 25.9 Å². The standard InChI is InChI=1S/C10H19N/c1-3-5-7-8-10-11-9-6-4-2/h3,5,7,11H,1,4,6,8-10H2,2H3. The van der Waals surface area contributed by atoms with Crippen LogP contribution in [0.25, 0.3) is 0 Å². The molecule has 0 heterocycles. The second kappa shape index (κ2) is 9.44. The molecular formula is C10H19N. The Kier molecular flexibility index (Phi) is 8.96. The maximum Gasteiger partial charge on any atom is -0.00142 e. The van der Waals surface area contributed by atoms with Crippen LogP contribution < -0.4 is 5.32 Å². The van der Waals surface area contributed by atoms with Crippen molar-refractivity contribution in [2.24, 2.45) is 0 Å². The Labute approximate surface area is 70.2 Å². The van der Waals surface area contributed by atoms with Crippen molar-refractivity contribution in [2.75, 3.05) is 13.1 Å². The topological polar surface area (TPSA) is 12.0 Å². The van der Waals surface area contributed by atoms with Crippen molar-refractivity contribution >= 4 is 0 Å².